The molecule has 2 N–H and O–H groups in total. The molecule has 8 heteroatoms. The Morgan fingerprint density at radius 2 is 1.45 bits per heavy atom. The van der Waals surface area contributed by atoms with Gasteiger partial charge in [0.2, 0.25) is 0 Å². The van der Waals surface area contributed by atoms with E-state index in [1.807, 2.05) is 12.1 Å². The normalized spacial score (nSPS) is 11.0. The smallest absolute Gasteiger partial charge is 0.265 e. The van der Waals surface area contributed by atoms with Crippen LogP contribution in [0.25, 0.3) is 0 Å². The fraction of sp³-hybridized carbons (Fsp3) is 0.160. The first-order valence-corrected chi connectivity index (χ1v) is 10.0. The lowest BCUT2D eigenvalue weighted by atomic mass is 10.2. The summed E-state index contributed by atoms with van der Waals surface area (Å²) in [6.07, 6.45) is -0.828. The van der Waals surface area contributed by atoms with Gasteiger partial charge in [-0.05, 0) is 43.3 Å². The topological polar surface area (TPSA) is 110 Å². The number of hydrogen-bond donors (Lipinski definition) is 2. The van der Waals surface area contributed by atoms with Crippen molar-refractivity contribution in [3.05, 3.63) is 77.9 Å². The van der Waals surface area contributed by atoms with Crippen molar-refractivity contribution in [3.8, 4) is 23.3 Å². The zero-order valence-corrected chi connectivity index (χ0v) is 18.4. The van der Waals surface area contributed by atoms with Crippen molar-refractivity contribution < 1.29 is 23.8 Å². The van der Waals surface area contributed by atoms with E-state index < -0.39 is 12.0 Å². The molecule has 0 aliphatic carbocycles. The summed E-state index contributed by atoms with van der Waals surface area (Å²) in [7, 11) is 2.92. The quantitative estimate of drug-likeness (QED) is 0.537. The molecular formula is C25H23N3O5. The lowest BCUT2D eigenvalue weighted by Gasteiger charge is -2.18. The van der Waals surface area contributed by atoms with Gasteiger partial charge < -0.3 is 24.8 Å². The molecule has 0 bridgehead atoms. The number of amides is 2. The Morgan fingerprint density at radius 3 is 2.00 bits per heavy atom. The average molecular weight is 445 g/mol. The molecule has 0 saturated heterocycles. The molecule has 0 spiro atoms. The van der Waals surface area contributed by atoms with Crippen LogP contribution in [0, 0.1) is 11.3 Å². The van der Waals surface area contributed by atoms with Crippen LogP contribution in [0.4, 0.5) is 11.4 Å². The van der Waals surface area contributed by atoms with Crippen LogP contribution in [-0.4, -0.2) is 32.1 Å². The minimum Gasteiger partial charge on any atom is -0.494 e. The molecule has 0 aliphatic heterocycles. The van der Waals surface area contributed by atoms with Gasteiger partial charge in [-0.2, -0.15) is 5.26 Å². The molecule has 0 saturated carbocycles. The maximum absolute atomic E-state index is 12.7. The second-order valence-corrected chi connectivity index (χ2v) is 6.96. The van der Waals surface area contributed by atoms with Gasteiger partial charge in [-0.15, -0.1) is 0 Å². The maximum atomic E-state index is 12.7. The van der Waals surface area contributed by atoms with E-state index in [4.69, 9.17) is 19.5 Å². The van der Waals surface area contributed by atoms with Crippen LogP contribution >= 0.6 is 0 Å². The van der Waals surface area contributed by atoms with E-state index in [1.165, 1.54) is 14.2 Å². The Kier molecular flexibility index (Phi) is 7.50. The van der Waals surface area contributed by atoms with Crippen molar-refractivity contribution in [1.82, 2.24) is 0 Å². The SMILES string of the molecule is COc1cc(NC(=O)[C@@H](C)Oc2ccc(C#N)cc2)c(OC)cc1NC(=O)c1ccccc1. The molecule has 3 aromatic carbocycles. The number of ether oxygens (including phenoxy) is 3. The van der Waals surface area contributed by atoms with Gasteiger partial charge in [0, 0.05) is 17.7 Å². The van der Waals surface area contributed by atoms with E-state index in [-0.39, 0.29) is 5.91 Å². The summed E-state index contributed by atoms with van der Waals surface area (Å²) in [5.74, 6) is 0.409. The van der Waals surface area contributed by atoms with Crippen molar-refractivity contribution in [3.63, 3.8) is 0 Å². The lowest BCUT2D eigenvalue weighted by Crippen LogP contribution is -2.30. The molecule has 33 heavy (non-hydrogen) atoms. The number of hydrogen-bond acceptors (Lipinski definition) is 6. The summed E-state index contributed by atoms with van der Waals surface area (Å²) in [6.45, 7) is 1.60. The molecule has 0 heterocycles. The Morgan fingerprint density at radius 1 is 0.879 bits per heavy atom. The molecule has 0 fully saturated rings. The van der Waals surface area contributed by atoms with Gasteiger partial charge in [-0.25, -0.2) is 0 Å². The zero-order chi connectivity index (χ0) is 23.8. The van der Waals surface area contributed by atoms with E-state index in [0.29, 0.717) is 39.8 Å². The molecule has 3 rings (SSSR count). The summed E-state index contributed by atoms with van der Waals surface area (Å²) in [5, 5.41) is 14.4. The van der Waals surface area contributed by atoms with Gasteiger partial charge in [0.25, 0.3) is 11.8 Å². The fourth-order valence-electron chi connectivity index (χ4n) is 2.98. The van der Waals surface area contributed by atoms with Gasteiger partial charge >= 0.3 is 0 Å². The monoisotopic (exact) mass is 445 g/mol. The average Bonchev–Trinajstić information content (AvgIpc) is 2.85. The molecule has 0 unspecified atom stereocenters. The summed E-state index contributed by atoms with van der Waals surface area (Å²) >= 11 is 0. The van der Waals surface area contributed by atoms with Crippen LogP contribution in [0.2, 0.25) is 0 Å². The molecule has 8 nitrogen and oxygen atoms in total. The van der Waals surface area contributed by atoms with Crippen molar-refractivity contribution in [2.75, 3.05) is 24.9 Å². The van der Waals surface area contributed by atoms with Crippen molar-refractivity contribution in [1.29, 1.82) is 5.26 Å². The predicted octanol–water partition coefficient (Wildman–Crippen LogP) is 4.23. The molecule has 0 aliphatic rings. The number of benzene rings is 3. The summed E-state index contributed by atoms with van der Waals surface area (Å²) in [5.41, 5.74) is 1.73. The van der Waals surface area contributed by atoms with Gasteiger partial charge in [-0.3, -0.25) is 9.59 Å². The van der Waals surface area contributed by atoms with Gasteiger partial charge in [0.15, 0.2) is 6.10 Å². The first kappa shape index (κ1) is 23.2. The molecule has 0 radical (unpaired) electrons. The fourth-order valence-corrected chi connectivity index (χ4v) is 2.98. The predicted molar refractivity (Wildman–Crippen MR) is 124 cm³/mol. The van der Waals surface area contributed by atoms with Crippen molar-refractivity contribution >= 4 is 23.2 Å². The minimum atomic E-state index is -0.828. The highest BCUT2D eigenvalue weighted by atomic mass is 16.5. The molecule has 2 amide bonds. The largest absolute Gasteiger partial charge is 0.494 e. The van der Waals surface area contributed by atoms with Gasteiger partial charge in [0.05, 0.1) is 37.2 Å². The Bertz CT molecular complexity index is 1170. The second-order valence-electron chi connectivity index (χ2n) is 6.96. The second kappa shape index (κ2) is 10.7. The number of carbonyl (C=O) groups excluding carboxylic acids is 2. The molecular weight excluding hydrogens is 422 g/mol. The van der Waals surface area contributed by atoms with Crippen LogP contribution in [-0.2, 0) is 4.79 Å². The first-order valence-electron chi connectivity index (χ1n) is 10.0. The van der Waals surface area contributed by atoms with Crippen molar-refractivity contribution in [2.24, 2.45) is 0 Å². The van der Waals surface area contributed by atoms with E-state index >= 15 is 0 Å². The molecule has 168 valence electrons. The highest BCUT2D eigenvalue weighted by Gasteiger charge is 2.20. The number of methoxy groups -OCH3 is 2. The number of rotatable bonds is 8. The van der Waals surface area contributed by atoms with Gasteiger partial charge in [-0.1, -0.05) is 18.2 Å². The number of anilines is 2. The molecule has 1 atom stereocenters. The standard InChI is InChI=1S/C25H23N3O5/c1-16(33-19-11-9-17(15-26)10-12-19)24(29)27-20-13-23(32-3)21(14-22(20)31-2)28-25(30)18-7-5-4-6-8-18/h4-14,16H,1-3H3,(H,27,29)(H,28,30)/t16-/m1/s1. The number of nitrogens with zero attached hydrogens (tertiary/aromatic N) is 1. The minimum absolute atomic E-state index is 0.308. The van der Waals surface area contributed by atoms with E-state index in [9.17, 15) is 9.59 Å². The Labute approximate surface area is 191 Å². The van der Waals surface area contributed by atoms with E-state index in [0.717, 1.165) is 0 Å². The lowest BCUT2D eigenvalue weighted by molar-refractivity contribution is -0.122. The Hall–Kier alpha value is -4.51. The van der Waals surface area contributed by atoms with E-state index in [2.05, 4.69) is 10.6 Å². The third-order valence-corrected chi connectivity index (χ3v) is 4.73. The van der Waals surface area contributed by atoms with Crippen LogP contribution in [0.1, 0.15) is 22.8 Å². The summed E-state index contributed by atoms with van der Waals surface area (Å²) in [6, 6.07) is 20.4. The summed E-state index contributed by atoms with van der Waals surface area (Å²) in [4.78, 5) is 25.2. The zero-order valence-electron chi connectivity index (χ0n) is 18.4. The molecule has 0 aromatic heterocycles. The Balaban J connectivity index is 1.76. The highest BCUT2D eigenvalue weighted by molar-refractivity contribution is 6.05. The number of carbonyl (C=O) groups is 2. The van der Waals surface area contributed by atoms with Crippen LogP contribution < -0.4 is 24.8 Å². The first-order chi connectivity index (χ1) is 15.9. The third-order valence-electron chi connectivity index (χ3n) is 4.73. The number of nitrogens with one attached hydrogen (secondary N) is 2. The van der Waals surface area contributed by atoms with Crippen LogP contribution in [0.3, 0.4) is 0 Å². The van der Waals surface area contributed by atoms with Gasteiger partial charge in [0.1, 0.15) is 17.2 Å². The number of nitriles is 1. The van der Waals surface area contributed by atoms with Crippen LogP contribution in [0.15, 0.2) is 66.7 Å². The third kappa shape index (κ3) is 5.80. The molecule has 3 aromatic rings. The van der Waals surface area contributed by atoms with Crippen LogP contribution in [0.5, 0.6) is 17.2 Å². The van der Waals surface area contributed by atoms with E-state index in [1.54, 1.807) is 67.6 Å². The van der Waals surface area contributed by atoms with Crippen molar-refractivity contribution in [2.45, 2.75) is 13.0 Å². The maximum Gasteiger partial charge on any atom is 0.265 e. The summed E-state index contributed by atoms with van der Waals surface area (Å²) < 4.78 is 16.5. The highest BCUT2D eigenvalue weighted by Crippen LogP contribution is 2.36.